The first-order valence-electron chi connectivity index (χ1n) is 9.47. The molecule has 0 unspecified atom stereocenters. The zero-order valence-corrected chi connectivity index (χ0v) is 16.1. The first kappa shape index (κ1) is 20.3. The number of fused-ring (bicyclic) bond motifs is 1. The van der Waals surface area contributed by atoms with Crippen molar-refractivity contribution >= 4 is 16.6 Å². The van der Waals surface area contributed by atoms with Crippen LogP contribution in [0.15, 0.2) is 42.5 Å². The van der Waals surface area contributed by atoms with E-state index < -0.39 is 23.7 Å². The molecular weight excluding hydrogens is 400 g/mol. The van der Waals surface area contributed by atoms with Crippen LogP contribution in [0.25, 0.3) is 22.0 Å². The van der Waals surface area contributed by atoms with Crippen molar-refractivity contribution in [2.75, 3.05) is 25.5 Å². The van der Waals surface area contributed by atoms with E-state index in [-0.39, 0.29) is 17.3 Å². The predicted molar refractivity (Wildman–Crippen MR) is 106 cm³/mol. The van der Waals surface area contributed by atoms with Crippen molar-refractivity contribution in [1.29, 1.82) is 0 Å². The van der Waals surface area contributed by atoms with E-state index in [0.717, 1.165) is 6.07 Å². The first-order valence-corrected chi connectivity index (χ1v) is 9.47. The number of likely N-dealkylation sites (N-methyl/N-ethyl adjacent to an activating group) is 1. The zero-order chi connectivity index (χ0) is 21.5. The third-order valence-electron chi connectivity index (χ3n) is 5.19. The molecule has 30 heavy (non-hydrogen) atoms. The molecule has 1 saturated heterocycles. The van der Waals surface area contributed by atoms with E-state index in [1.54, 1.807) is 24.3 Å². The van der Waals surface area contributed by atoms with Gasteiger partial charge in [-0.1, -0.05) is 24.3 Å². The smallest absolute Gasteiger partial charge is 0.416 e. The molecule has 0 aliphatic carbocycles. The Morgan fingerprint density at radius 3 is 2.47 bits per heavy atom. The highest BCUT2D eigenvalue weighted by atomic mass is 19.4. The van der Waals surface area contributed by atoms with E-state index in [1.807, 2.05) is 11.9 Å². The van der Waals surface area contributed by atoms with E-state index in [4.69, 9.17) is 0 Å². The van der Waals surface area contributed by atoms with Crippen molar-refractivity contribution in [3.8, 4) is 17.0 Å². The Morgan fingerprint density at radius 2 is 1.80 bits per heavy atom. The van der Waals surface area contributed by atoms with Crippen molar-refractivity contribution in [2.45, 2.75) is 24.8 Å². The number of aromatic hydroxyl groups is 1. The maximum absolute atomic E-state index is 13.9. The van der Waals surface area contributed by atoms with Gasteiger partial charge in [-0.05, 0) is 25.2 Å². The standard InChI is InChI=1S/C21H20F4N4O/c1-29-10-13(22)9-14(11-29)26-20-16-5-3-2-4-15(16)19(27-28-20)17-7-6-12(8-18(17)30)21(23,24)25/h2-8,13-14,30H,9-11H2,1H3,(H,26,28)/t13-,14-/m1/s1. The third kappa shape index (κ3) is 4.02. The molecule has 0 spiro atoms. The second kappa shape index (κ2) is 7.71. The number of rotatable bonds is 3. The number of hydrogen-bond acceptors (Lipinski definition) is 5. The number of phenolic OH excluding ortho intramolecular Hbond substituents is 1. The van der Waals surface area contributed by atoms with Gasteiger partial charge >= 0.3 is 6.18 Å². The van der Waals surface area contributed by atoms with Crippen molar-refractivity contribution in [1.82, 2.24) is 15.1 Å². The summed E-state index contributed by atoms with van der Waals surface area (Å²) < 4.78 is 52.6. The van der Waals surface area contributed by atoms with E-state index in [0.29, 0.717) is 42.2 Å². The van der Waals surface area contributed by atoms with Crippen LogP contribution < -0.4 is 5.32 Å². The Kier molecular flexibility index (Phi) is 5.23. The summed E-state index contributed by atoms with van der Waals surface area (Å²) in [5.41, 5.74) is -0.521. The fourth-order valence-electron chi connectivity index (χ4n) is 3.86. The van der Waals surface area contributed by atoms with Crippen LogP contribution in [0.2, 0.25) is 0 Å². The number of phenols is 1. The highest BCUT2D eigenvalue weighted by Crippen LogP contribution is 2.38. The number of hydrogen-bond donors (Lipinski definition) is 2. The molecule has 1 fully saturated rings. The fourth-order valence-corrected chi connectivity index (χ4v) is 3.86. The molecule has 0 saturated carbocycles. The number of benzene rings is 2. The summed E-state index contributed by atoms with van der Waals surface area (Å²) in [5, 5.41) is 23.1. The molecule has 158 valence electrons. The van der Waals surface area contributed by atoms with Crippen LogP contribution in [0.3, 0.4) is 0 Å². The molecule has 1 aromatic heterocycles. The van der Waals surface area contributed by atoms with Gasteiger partial charge < -0.3 is 15.3 Å². The van der Waals surface area contributed by atoms with E-state index >= 15 is 0 Å². The maximum atomic E-state index is 13.9. The van der Waals surface area contributed by atoms with Gasteiger partial charge in [-0.25, -0.2) is 4.39 Å². The SMILES string of the molecule is CN1C[C@H](F)C[C@@H](Nc2nnc(-c3ccc(C(F)(F)F)cc3O)c3ccccc23)C1. The van der Waals surface area contributed by atoms with Crippen LogP contribution in [-0.4, -0.2) is 52.6 Å². The van der Waals surface area contributed by atoms with E-state index in [2.05, 4.69) is 15.5 Å². The van der Waals surface area contributed by atoms with Crippen LogP contribution in [0.5, 0.6) is 5.75 Å². The summed E-state index contributed by atoms with van der Waals surface area (Å²) in [6.45, 7) is 1.04. The van der Waals surface area contributed by atoms with Gasteiger partial charge in [0.05, 0.1) is 5.56 Å². The molecule has 2 heterocycles. The van der Waals surface area contributed by atoms with Crippen LogP contribution in [0.1, 0.15) is 12.0 Å². The molecule has 0 amide bonds. The molecule has 4 rings (SSSR count). The average molecular weight is 420 g/mol. The van der Waals surface area contributed by atoms with Gasteiger partial charge in [0.1, 0.15) is 17.6 Å². The van der Waals surface area contributed by atoms with Crippen molar-refractivity contribution < 1.29 is 22.7 Å². The summed E-state index contributed by atoms with van der Waals surface area (Å²) in [6.07, 6.45) is -5.15. The summed E-state index contributed by atoms with van der Waals surface area (Å²) in [4.78, 5) is 1.90. The first-order chi connectivity index (χ1) is 14.2. The lowest BCUT2D eigenvalue weighted by molar-refractivity contribution is -0.137. The molecule has 3 aromatic rings. The van der Waals surface area contributed by atoms with Crippen LogP contribution >= 0.6 is 0 Å². The highest BCUT2D eigenvalue weighted by Gasteiger charge is 2.31. The van der Waals surface area contributed by atoms with Gasteiger partial charge in [0.15, 0.2) is 5.82 Å². The maximum Gasteiger partial charge on any atom is 0.416 e. The highest BCUT2D eigenvalue weighted by molar-refractivity contribution is 6.00. The number of nitrogens with zero attached hydrogens (tertiary/aromatic N) is 3. The summed E-state index contributed by atoms with van der Waals surface area (Å²) >= 11 is 0. The molecule has 9 heteroatoms. The van der Waals surface area contributed by atoms with Gasteiger partial charge in [0.2, 0.25) is 0 Å². The van der Waals surface area contributed by atoms with Gasteiger partial charge in [-0.3, -0.25) is 0 Å². The number of alkyl halides is 4. The quantitative estimate of drug-likeness (QED) is 0.612. The Hall–Kier alpha value is -2.94. The number of likely N-dealkylation sites (tertiary alicyclic amines) is 1. The predicted octanol–water partition coefficient (Wildman–Crippen LogP) is 4.48. The molecule has 2 atom stereocenters. The summed E-state index contributed by atoms with van der Waals surface area (Å²) in [7, 11) is 1.85. The van der Waals surface area contributed by atoms with E-state index in [9.17, 15) is 22.7 Å². The Morgan fingerprint density at radius 1 is 1.07 bits per heavy atom. The lowest BCUT2D eigenvalue weighted by atomic mass is 10.0. The number of anilines is 1. The van der Waals surface area contributed by atoms with Gasteiger partial charge in [-0.2, -0.15) is 13.2 Å². The van der Waals surface area contributed by atoms with Crippen LogP contribution in [0.4, 0.5) is 23.4 Å². The molecular formula is C21H20F4N4O. The van der Waals surface area contributed by atoms with Crippen molar-refractivity contribution in [3.63, 3.8) is 0 Å². The molecule has 2 aromatic carbocycles. The average Bonchev–Trinajstić information content (AvgIpc) is 2.67. The van der Waals surface area contributed by atoms with Crippen LogP contribution in [0, 0.1) is 0 Å². The number of aromatic nitrogens is 2. The minimum atomic E-state index is -4.56. The van der Waals surface area contributed by atoms with Gasteiger partial charge in [0, 0.05) is 41.9 Å². The number of piperidine rings is 1. The Bertz CT molecular complexity index is 1060. The second-order valence-corrected chi connectivity index (χ2v) is 7.57. The minimum absolute atomic E-state index is 0.151. The van der Waals surface area contributed by atoms with Gasteiger partial charge in [0.25, 0.3) is 0 Å². The van der Waals surface area contributed by atoms with Crippen molar-refractivity contribution in [2.24, 2.45) is 0 Å². The van der Waals surface area contributed by atoms with Gasteiger partial charge in [-0.15, -0.1) is 10.2 Å². The summed E-state index contributed by atoms with van der Waals surface area (Å²) in [5.74, 6) is -0.0626. The second-order valence-electron chi connectivity index (χ2n) is 7.57. The lowest BCUT2D eigenvalue weighted by Gasteiger charge is -2.32. The molecule has 1 aliphatic heterocycles. The van der Waals surface area contributed by atoms with Crippen LogP contribution in [-0.2, 0) is 6.18 Å². The minimum Gasteiger partial charge on any atom is -0.507 e. The number of halogens is 4. The van der Waals surface area contributed by atoms with E-state index in [1.165, 1.54) is 6.07 Å². The lowest BCUT2D eigenvalue weighted by Crippen LogP contribution is -2.45. The topological polar surface area (TPSA) is 61.3 Å². The molecule has 0 bridgehead atoms. The molecule has 1 aliphatic rings. The number of nitrogens with one attached hydrogen (secondary N) is 1. The zero-order valence-electron chi connectivity index (χ0n) is 16.1. The molecule has 5 nitrogen and oxygen atoms in total. The third-order valence-corrected chi connectivity index (χ3v) is 5.19. The fraction of sp³-hybridized carbons (Fsp3) is 0.333. The largest absolute Gasteiger partial charge is 0.507 e. The Balaban J connectivity index is 1.73. The molecule has 2 N–H and O–H groups in total. The summed E-state index contributed by atoms with van der Waals surface area (Å²) in [6, 6.07) is 9.74. The molecule has 0 radical (unpaired) electrons. The Labute approximate surface area is 170 Å². The van der Waals surface area contributed by atoms with Crippen molar-refractivity contribution in [3.05, 3.63) is 48.0 Å². The normalized spacial score (nSPS) is 20.4. The monoisotopic (exact) mass is 420 g/mol.